The van der Waals surface area contributed by atoms with E-state index in [2.05, 4.69) is 10.3 Å². The molecule has 0 saturated carbocycles. The third-order valence-corrected chi connectivity index (χ3v) is 5.36. The van der Waals surface area contributed by atoms with E-state index in [-0.39, 0.29) is 22.9 Å². The quantitative estimate of drug-likeness (QED) is 0.929. The molecule has 20 heavy (non-hydrogen) atoms. The fourth-order valence-corrected chi connectivity index (χ4v) is 4.02. The van der Waals surface area contributed by atoms with Crippen molar-refractivity contribution in [2.45, 2.75) is 44.0 Å². The predicted molar refractivity (Wildman–Crippen MR) is 77.6 cm³/mol. The zero-order chi connectivity index (χ0) is 14.9. The molecule has 1 aromatic heterocycles. The molecule has 1 amide bonds. The van der Waals surface area contributed by atoms with Crippen LogP contribution in [0.1, 0.15) is 32.6 Å². The number of rotatable bonds is 3. The molecule has 0 radical (unpaired) electrons. The standard InChI is InChI=1S/C13H18FN3O2S/c1-4-9-7(2)11(14)12(20-9)17-6-5-10(15-8(3)18)16-13(17)19/h5-7,9,11-12H,4H2,1-3H3,(H,15,16,18,19)/t7-,9-,11+,12?/m1/s1. The minimum atomic E-state index is -1.07. The average molecular weight is 299 g/mol. The van der Waals surface area contributed by atoms with Crippen molar-refractivity contribution in [3.8, 4) is 0 Å². The van der Waals surface area contributed by atoms with Gasteiger partial charge in [0, 0.05) is 24.3 Å². The normalized spacial score (nSPS) is 29.4. The molecule has 4 atom stereocenters. The Morgan fingerprint density at radius 3 is 2.80 bits per heavy atom. The molecule has 5 nitrogen and oxygen atoms in total. The van der Waals surface area contributed by atoms with Gasteiger partial charge in [-0.1, -0.05) is 13.8 Å². The second-order valence-electron chi connectivity index (χ2n) is 4.96. The van der Waals surface area contributed by atoms with E-state index in [9.17, 15) is 14.0 Å². The van der Waals surface area contributed by atoms with E-state index < -0.39 is 17.2 Å². The molecule has 0 aliphatic carbocycles. The average Bonchev–Trinajstić information content (AvgIpc) is 2.66. The van der Waals surface area contributed by atoms with Crippen LogP contribution in [0.2, 0.25) is 0 Å². The number of hydrogen-bond acceptors (Lipinski definition) is 4. The van der Waals surface area contributed by atoms with Crippen LogP contribution in [0.15, 0.2) is 17.1 Å². The Kier molecular flexibility index (Phi) is 4.47. The van der Waals surface area contributed by atoms with Gasteiger partial charge >= 0.3 is 5.69 Å². The van der Waals surface area contributed by atoms with Gasteiger partial charge in [0.25, 0.3) is 0 Å². The van der Waals surface area contributed by atoms with Gasteiger partial charge in [-0.2, -0.15) is 4.98 Å². The van der Waals surface area contributed by atoms with E-state index in [1.165, 1.54) is 35.5 Å². The molecule has 1 N–H and O–H groups in total. The van der Waals surface area contributed by atoms with Crippen molar-refractivity contribution in [3.63, 3.8) is 0 Å². The second kappa shape index (κ2) is 5.95. The minimum absolute atomic E-state index is 0.0862. The Balaban J connectivity index is 2.26. The number of amides is 1. The molecule has 2 rings (SSSR count). The summed E-state index contributed by atoms with van der Waals surface area (Å²) in [7, 11) is 0. The highest BCUT2D eigenvalue weighted by molar-refractivity contribution is 8.00. The fourth-order valence-electron chi connectivity index (χ4n) is 2.39. The molecule has 110 valence electrons. The molecule has 1 aliphatic heterocycles. The van der Waals surface area contributed by atoms with Gasteiger partial charge < -0.3 is 5.32 Å². The highest BCUT2D eigenvalue weighted by Crippen LogP contribution is 2.47. The first-order valence-electron chi connectivity index (χ1n) is 6.60. The van der Waals surface area contributed by atoms with Crippen molar-refractivity contribution in [3.05, 3.63) is 22.7 Å². The van der Waals surface area contributed by atoms with Crippen molar-refractivity contribution < 1.29 is 9.18 Å². The lowest BCUT2D eigenvalue weighted by Gasteiger charge is -2.16. The van der Waals surface area contributed by atoms with Crippen molar-refractivity contribution in [1.29, 1.82) is 0 Å². The summed E-state index contributed by atoms with van der Waals surface area (Å²) in [5.74, 6) is -0.193. The van der Waals surface area contributed by atoms with Crippen LogP contribution in [-0.4, -0.2) is 26.9 Å². The number of alkyl halides is 1. The Morgan fingerprint density at radius 1 is 1.60 bits per heavy atom. The number of hydrogen-bond donors (Lipinski definition) is 1. The van der Waals surface area contributed by atoms with Crippen LogP contribution in [0, 0.1) is 5.92 Å². The first-order chi connectivity index (χ1) is 9.43. The molecule has 0 spiro atoms. The van der Waals surface area contributed by atoms with E-state index in [1.54, 1.807) is 0 Å². The molecule has 1 saturated heterocycles. The van der Waals surface area contributed by atoms with Crippen LogP contribution in [0.3, 0.4) is 0 Å². The Hall–Kier alpha value is -1.37. The van der Waals surface area contributed by atoms with Gasteiger partial charge in [0.05, 0.1) is 0 Å². The summed E-state index contributed by atoms with van der Waals surface area (Å²) in [4.78, 5) is 26.7. The van der Waals surface area contributed by atoms with Gasteiger partial charge in [0.15, 0.2) is 0 Å². The van der Waals surface area contributed by atoms with Crippen molar-refractivity contribution in [1.82, 2.24) is 9.55 Å². The van der Waals surface area contributed by atoms with Gasteiger partial charge in [-0.05, 0) is 12.5 Å². The third-order valence-electron chi connectivity index (χ3n) is 3.49. The van der Waals surface area contributed by atoms with E-state index >= 15 is 0 Å². The maximum atomic E-state index is 14.3. The molecular formula is C13H18FN3O2S. The molecule has 1 aliphatic rings. The summed E-state index contributed by atoms with van der Waals surface area (Å²) in [6.07, 6.45) is 1.29. The van der Waals surface area contributed by atoms with Crippen LogP contribution in [0.25, 0.3) is 0 Å². The highest BCUT2D eigenvalue weighted by atomic mass is 32.2. The lowest BCUT2D eigenvalue weighted by molar-refractivity contribution is -0.114. The Morgan fingerprint density at radius 2 is 2.30 bits per heavy atom. The Labute approximate surface area is 121 Å². The monoisotopic (exact) mass is 299 g/mol. The third kappa shape index (κ3) is 2.87. The van der Waals surface area contributed by atoms with Crippen molar-refractivity contribution in [2.75, 3.05) is 5.32 Å². The number of nitrogens with zero attached hydrogens (tertiary/aromatic N) is 2. The zero-order valence-electron chi connectivity index (χ0n) is 11.7. The summed E-state index contributed by atoms with van der Waals surface area (Å²) in [6.45, 7) is 5.23. The molecule has 0 aromatic carbocycles. The number of thioether (sulfide) groups is 1. The first kappa shape index (κ1) is 15.0. The summed E-state index contributed by atoms with van der Waals surface area (Å²) < 4.78 is 15.6. The highest BCUT2D eigenvalue weighted by Gasteiger charge is 2.42. The maximum Gasteiger partial charge on any atom is 0.350 e. The number of nitrogens with one attached hydrogen (secondary N) is 1. The van der Waals surface area contributed by atoms with Crippen LogP contribution < -0.4 is 11.0 Å². The second-order valence-corrected chi connectivity index (χ2v) is 6.32. The smallest absolute Gasteiger partial charge is 0.311 e. The molecule has 1 unspecified atom stereocenters. The number of carbonyl (C=O) groups excluding carboxylic acids is 1. The minimum Gasteiger partial charge on any atom is -0.311 e. The first-order valence-corrected chi connectivity index (χ1v) is 7.54. The summed E-state index contributed by atoms with van der Waals surface area (Å²) >= 11 is 1.47. The van der Waals surface area contributed by atoms with E-state index in [1.807, 2.05) is 13.8 Å². The predicted octanol–water partition coefficient (Wildman–Crippen LogP) is 2.20. The SMILES string of the molecule is CC[C@H]1SC(n2ccc(NC(C)=O)nc2=O)[C@@H](F)[C@@H]1C. The van der Waals surface area contributed by atoms with E-state index in [0.717, 1.165) is 6.42 Å². The zero-order valence-corrected chi connectivity index (χ0v) is 12.5. The van der Waals surface area contributed by atoms with Crippen LogP contribution in [0.4, 0.5) is 10.2 Å². The largest absolute Gasteiger partial charge is 0.350 e. The van der Waals surface area contributed by atoms with Gasteiger partial charge in [0.2, 0.25) is 5.91 Å². The number of halogens is 1. The summed E-state index contributed by atoms with van der Waals surface area (Å²) in [5.41, 5.74) is -0.541. The van der Waals surface area contributed by atoms with Crippen LogP contribution in [-0.2, 0) is 4.79 Å². The van der Waals surface area contributed by atoms with E-state index in [0.29, 0.717) is 0 Å². The number of anilines is 1. The molecule has 0 bridgehead atoms. The van der Waals surface area contributed by atoms with Gasteiger partial charge in [-0.15, -0.1) is 11.8 Å². The summed E-state index contributed by atoms with van der Waals surface area (Å²) in [5, 5.41) is 2.10. The van der Waals surface area contributed by atoms with Crippen molar-refractivity contribution in [2.24, 2.45) is 5.92 Å². The summed E-state index contributed by atoms with van der Waals surface area (Å²) in [6, 6.07) is 1.51. The fraction of sp³-hybridized carbons (Fsp3) is 0.615. The van der Waals surface area contributed by atoms with Crippen molar-refractivity contribution >= 4 is 23.5 Å². The molecule has 7 heteroatoms. The number of carbonyl (C=O) groups is 1. The topological polar surface area (TPSA) is 64.0 Å². The Bertz CT molecular complexity index is 563. The number of aromatic nitrogens is 2. The van der Waals surface area contributed by atoms with Crippen LogP contribution >= 0.6 is 11.8 Å². The molecule has 1 aromatic rings. The lowest BCUT2D eigenvalue weighted by atomic mass is 10.0. The van der Waals surface area contributed by atoms with Gasteiger partial charge in [-0.25, -0.2) is 9.18 Å². The maximum absolute atomic E-state index is 14.3. The van der Waals surface area contributed by atoms with Gasteiger partial charge in [-0.3, -0.25) is 9.36 Å². The van der Waals surface area contributed by atoms with Crippen LogP contribution in [0.5, 0.6) is 0 Å². The van der Waals surface area contributed by atoms with E-state index in [4.69, 9.17) is 0 Å². The molecule has 1 fully saturated rings. The van der Waals surface area contributed by atoms with Gasteiger partial charge in [0.1, 0.15) is 17.4 Å². The lowest BCUT2D eigenvalue weighted by Crippen LogP contribution is -2.30. The molecular weight excluding hydrogens is 281 g/mol. The molecule has 2 heterocycles.